The molecule has 1 aliphatic heterocycles. The molecule has 0 spiro atoms. The van der Waals surface area contributed by atoms with E-state index in [4.69, 9.17) is 5.11 Å². The predicted molar refractivity (Wildman–Crippen MR) is 94.6 cm³/mol. The minimum atomic E-state index is -1.05. The van der Waals surface area contributed by atoms with Gasteiger partial charge in [-0.3, -0.25) is 9.59 Å². The van der Waals surface area contributed by atoms with Gasteiger partial charge < -0.3 is 14.9 Å². The SMILES string of the molecule is CCCCN(C)C(=O)C1CCN(C(=O)c2cccc(C(=O)O)c2)CC1. The number of unbranched alkanes of at least 4 members (excludes halogenated alkanes) is 1. The van der Waals surface area contributed by atoms with E-state index in [-0.39, 0.29) is 23.3 Å². The standard InChI is InChI=1S/C19H26N2O4/c1-3-4-10-20(2)17(22)14-8-11-21(12-9-14)18(23)15-6-5-7-16(13-15)19(24)25/h5-7,13-14H,3-4,8-12H2,1-2H3,(H,24,25). The lowest BCUT2D eigenvalue weighted by Crippen LogP contribution is -2.43. The maximum Gasteiger partial charge on any atom is 0.335 e. The summed E-state index contributed by atoms with van der Waals surface area (Å²) in [5.41, 5.74) is 0.484. The fourth-order valence-corrected chi connectivity index (χ4v) is 3.11. The van der Waals surface area contributed by atoms with E-state index in [9.17, 15) is 14.4 Å². The van der Waals surface area contributed by atoms with E-state index in [2.05, 4.69) is 6.92 Å². The zero-order valence-corrected chi connectivity index (χ0v) is 14.9. The third-order valence-electron chi connectivity index (χ3n) is 4.71. The Morgan fingerprint density at radius 3 is 2.44 bits per heavy atom. The molecule has 0 radical (unpaired) electrons. The van der Waals surface area contributed by atoms with Gasteiger partial charge in [0.1, 0.15) is 0 Å². The van der Waals surface area contributed by atoms with Crippen LogP contribution in [0.3, 0.4) is 0 Å². The maximum absolute atomic E-state index is 12.6. The van der Waals surface area contributed by atoms with Gasteiger partial charge in [-0.2, -0.15) is 0 Å². The van der Waals surface area contributed by atoms with Crippen molar-refractivity contribution in [2.45, 2.75) is 32.6 Å². The van der Waals surface area contributed by atoms with E-state index in [1.807, 2.05) is 7.05 Å². The highest BCUT2D eigenvalue weighted by Crippen LogP contribution is 2.21. The van der Waals surface area contributed by atoms with Gasteiger partial charge >= 0.3 is 5.97 Å². The van der Waals surface area contributed by atoms with Crippen molar-refractivity contribution in [3.63, 3.8) is 0 Å². The smallest absolute Gasteiger partial charge is 0.335 e. The van der Waals surface area contributed by atoms with Crippen LogP contribution in [0, 0.1) is 5.92 Å². The Kier molecular flexibility index (Phi) is 6.56. The van der Waals surface area contributed by atoms with Crippen molar-refractivity contribution >= 4 is 17.8 Å². The zero-order chi connectivity index (χ0) is 18.4. The molecule has 2 rings (SSSR count). The molecule has 1 heterocycles. The van der Waals surface area contributed by atoms with Crippen LogP contribution in [0.1, 0.15) is 53.3 Å². The summed E-state index contributed by atoms with van der Waals surface area (Å²) in [6, 6.07) is 6.08. The Bertz CT molecular complexity index is 636. The Balaban J connectivity index is 1.93. The monoisotopic (exact) mass is 346 g/mol. The number of carbonyl (C=O) groups excluding carboxylic acids is 2. The summed E-state index contributed by atoms with van der Waals surface area (Å²) < 4.78 is 0. The number of piperidine rings is 1. The minimum Gasteiger partial charge on any atom is -0.478 e. The highest BCUT2D eigenvalue weighted by atomic mass is 16.4. The quantitative estimate of drug-likeness (QED) is 0.858. The van der Waals surface area contributed by atoms with Crippen LogP contribution in [0.2, 0.25) is 0 Å². The number of carbonyl (C=O) groups is 3. The van der Waals surface area contributed by atoms with Crippen molar-refractivity contribution in [3.05, 3.63) is 35.4 Å². The maximum atomic E-state index is 12.6. The van der Waals surface area contributed by atoms with E-state index in [0.717, 1.165) is 19.4 Å². The van der Waals surface area contributed by atoms with Gasteiger partial charge in [-0.1, -0.05) is 19.4 Å². The van der Waals surface area contributed by atoms with Gasteiger partial charge in [0.2, 0.25) is 5.91 Å². The number of rotatable bonds is 6. The number of nitrogens with zero attached hydrogens (tertiary/aromatic N) is 2. The summed E-state index contributed by atoms with van der Waals surface area (Å²) in [5, 5.41) is 9.04. The number of hydrogen-bond acceptors (Lipinski definition) is 3. The van der Waals surface area contributed by atoms with Crippen molar-refractivity contribution in [3.8, 4) is 0 Å². The van der Waals surface area contributed by atoms with Gasteiger partial charge in [0, 0.05) is 38.2 Å². The predicted octanol–water partition coefficient (Wildman–Crippen LogP) is 2.50. The number of likely N-dealkylation sites (tertiary alicyclic amines) is 1. The highest BCUT2D eigenvalue weighted by Gasteiger charge is 2.29. The van der Waals surface area contributed by atoms with Crippen molar-refractivity contribution in [1.82, 2.24) is 9.80 Å². The second-order valence-corrected chi connectivity index (χ2v) is 6.57. The lowest BCUT2D eigenvalue weighted by atomic mass is 9.94. The fraction of sp³-hybridized carbons (Fsp3) is 0.526. The summed E-state index contributed by atoms with van der Waals surface area (Å²) in [6.45, 7) is 3.92. The molecule has 0 atom stereocenters. The average Bonchev–Trinajstić information content (AvgIpc) is 2.65. The Hall–Kier alpha value is -2.37. The summed E-state index contributed by atoms with van der Waals surface area (Å²) >= 11 is 0. The number of hydrogen-bond donors (Lipinski definition) is 1. The van der Waals surface area contributed by atoms with Crippen LogP contribution < -0.4 is 0 Å². The third-order valence-corrected chi connectivity index (χ3v) is 4.71. The van der Waals surface area contributed by atoms with Crippen molar-refractivity contribution < 1.29 is 19.5 Å². The van der Waals surface area contributed by atoms with E-state index < -0.39 is 5.97 Å². The molecule has 0 saturated carbocycles. The van der Waals surface area contributed by atoms with Crippen LogP contribution in [-0.4, -0.2) is 59.4 Å². The first kappa shape index (κ1) is 19.0. The van der Waals surface area contributed by atoms with Crippen LogP contribution in [0.15, 0.2) is 24.3 Å². The molecule has 1 N–H and O–H groups in total. The molecule has 1 aromatic rings. The number of amides is 2. The van der Waals surface area contributed by atoms with E-state index in [1.165, 1.54) is 12.1 Å². The molecule has 1 saturated heterocycles. The summed E-state index contributed by atoms with van der Waals surface area (Å²) in [6.07, 6.45) is 3.36. The molecule has 1 aliphatic rings. The average molecular weight is 346 g/mol. The molecule has 1 aromatic carbocycles. The molecule has 0 unspecified atom stereocenters. The molecule has 0 aromatic heterocycles. The zero-order valence-electron chi connectivity index (χ0n) is 14.9. The molecular formula is C19H26N2O4. The molecule has 25 heavy (non-hydrogen) atoms. The van der Waals surface area contributed by atoms with Gasteiger partial charge in [-0.15, -0.1) is 0 Å². The van der Waals surface area contributed by atoms with E-state index >= 15 is 0 Å². The molecular weight excluding hydrogens is 320 g/mol. The third kappa shape index (κ3) is 4.81. The van der Waals surface area contributed by atoms with Crippen molar-refractivity contribution in [2.75, 3.05) is 26.7 Å². The molecule has 136 valence electrons. The van der Waals surface area contributed by atoms with Gasteiger partial charge in [-0.25, -0.2) is 4.79 Å². The highest BCUT2D eigenvalue weighted by molar-refractivity contribution is 5.97. The molecule has 6 heteroatoms. The van der Waals surface area contributed by atoms with Crippen molar-refractivity contribution in [1.29, 1.82) is 0 Å². The molecule has 0 bridgehead atoms. The lowest BCUT2D eigenvalue weighted by Gasteiger charge is -2.33. The van der Waals surface area contributed by atoms with Gasteiger partial charge in [-0.05, 0) is 37.5 Å². The second kappa shape index (κ2) is 8.65. The first-order valence-electron chi connectivity index (χ1n) is 8.81. The summed E-state index contributed by atoms with van der Waals surface area (Å²) in [7, 11) is 1.84. The Labute approximate surface area is 148 Å². The number of carboxylic acid groups (broad SMARTS) is 1. The topological polar surface area (TPSA) is 77.9 Å². The molecule has 2 amide bonds. The van der Waals surface area contributed by atoms with E-state index in [0.29, 0.717) is 31.5 Å². The van der Waals surface area contributed by atoms with E-state index in [1.54, 1.807) is 21.9 Å². The largest absolute Gasteiger partial charge is 0.478 e. The second-order valence-electron chi connectivity index (χ2n) is 6.57. The van der Waals surface area contributed by atoms with Crippen LogP contribution in [0.5, 0.6) is 0 Å². The minimum absolute atomic E-state index is 0.0312. The van der Waals surface area contributed by atoms with Crippen LogP contribution in [0.25, 0.3) is 0 Å². The number of carboxylic acids is 1. The number of benzene rings is 1. The fourth-order valence-electron chi connectivity index (χ4n) is 3.11. The normalized spacial score (nSPS) is 15.0. The summed E-state index contributed by atoms with van der Waals surface area (Å²) in [5.74, 6) is -1.09. The first-order chi connectivity index (χ1) is 11.9. The van der Waals surface area contributed by atoms with Crippen LogP contribution >= 0.6 is 0 Å². The Morgan fingerprint density at radius 2 is 1.84 bits per heavy atom. The van der Waals surface area contributed by atoms with Gasteiger partial charge in [0.25, 0.3) is 5.91 Å². The van der Waals surface area contributed by atoms with Crippen LogP contribution in [0.4, 0.5) is 0 Å². The van der Waals surface area contributed by atoms with Crippen molar-refractivity contribution in [2.24, 2.45) is 5.92 Å². The Morgan fingerprint density at radius 1 is 1.20 bits per heavy atom. The lowest BCUT2D eigenvalue weighted by molar-refractivity contribution is -0.135. The molecule has 6 nitrogen and oxygen atoms in total. The van der Waals surface area contributed by atoms with Gasteiger partial charge in [0.05, 0.1) is 5.56 Å². The number of aromatic carboxylic acids is 1. The molecule has 1 fully saturated rings. The van der Waals surface area contributed by atoms with Gasteiger partial charge in [0.15, 0.2) is 0 Å². The molecule has 0 aliphatic carbocycles. The first-order valence-corrected chi connectivity index (χ1v) is 8.81. The van der Waals surface area contributed by atoms with Crippen LogP contribution in [-0.2, 0) is 4.79 Å². The summed E-state index contributed by atoms with van der Waals surface area (Å²) in [4.78, 5) is 39.5.